The summed E-state index contributed by atoms with van der Waals surface area (Å²) in [7, 11) is 0. The maximum absolute atomic E-state index is 12.6. The van der Waals surface area contributed by atoms with E-state index in [0.29, 0.717) is 17.7 Å². The predicted octanol–water partition coefficient (Wildman–Crippen LogP) is 5.57. The fourth-order valence-corrected chi connectivity index (χ4v) is 3.60. The van der Waals surface area contributed by atoms with Gasteiger partial charge in [0.2, 0.25) is 0 Å². The summed E-state index contributed by atoms with van der Waals surface area (Å²) in [6.45, 7) is 2.21. The van der Waals surface area contributed by atoms with Gasteiger partial charge in [-0.3, -0.25) is 9.59 Å². The zero-order valence-electron chi connectivity index (χ0n) is 18.5. The maximum Gasteiger partial charge on any atom is 0.251 e. The molecule has 0 radical (unpaired) electrons. The lowest BCUT2D eigenvalue weighted by Crippen LogP contribution is -2.41. The Labute approximate surface area is 194 Å². The molecule has 0 saturated carbocycles. The molecule has 164 valence electrons. The van der Waals surface area contributed by atoms with Gasteiger partial charge in [-0.1, -0.05) is 84.9 Å². The van der Waals surface area contributed by atoms with E-state index in [-0.39, 0.29) is 17.9 Å². The number of rotatable bonds is 7. The summed E-state index contributed by atoms with van der Waals surface area (Å²) in [4.78, 5) is 25.1. The average molecular weight is 435 g/mol. The van der Waals surface area contributed by atoms with Gasteiger partial charge in [-0.25, -0.2) is 0 Å². The third kappa shape index (κ3) is 5.74. The van der Waals surface area contributed by atoms with Crippen LogP contribution in [0.4, 0.5) is 0 Å². The monoisotopic (exact) mass is 434 g/mol. The lowest BCUT2D eigenvalue weighted by Gasteiger charge is -2.15. The van der Waals surface area contributed by atoms with Crippen molar-refractivity contribution in [1.29, 1.82) is 0 Å². The summed E-state index contributed by atoms with van der Waals surface area (Å²) in [5, 5.41) is 5.83. The van der Waals surface area contributed by atoms with Crippen LogP contribution in [-0.4, -0.2) is 24.4 Å². The third-order valence-electron chi connectivity index (χ3n) is 5.45. The fraction of sp³-hybridized carbons (Fsp3) is 0.103. The number of nitrogens with one attached hydrogen (secondary N) is 2. The molecule has 4 aromatic rings. The SMILES string of the molecule is CC(CNC(=O)c1ccc(-c2ccccc2)cc1)NC(=O)c1ccc(-c2ccccc2)cc1. The number of hydrogen-bond donors (Lipinski definition) is 2. The van der Waals surface area contributed by atoms with Gasteiger partial charge in [0.25, 0.3) is 11.8 Å². The number of hydrogen-bond acceptors (Lipinski definition) is 2. The molecule has 2 amide bonds. The molecule has 1 unspecified atom stereocenters. The molecule has 4 nitrogen and oxygen atoms in total. The molecule has 33 heavy (non-hydrogen) atoms. The maximum atomic E-state index is 12.6. The first kappa shape index (κ1) is 22.0. The molecule has 0 aliphatic heterocycles. The molecule has 0 aromatic heterocycles. The van der Waals surface area contributed by atoms with Crippen LogP contribution < -0.4 is 10.6 Å². The molecule has 4 rings (SSSR count). The predicted molar refractivity (Wildman–Crippen MR) is 133 cm³/mol. The van der Waals surface area contributed by atoms with E-state index >= 15 is 0 Å². The van der Waals surface area contributed by atoms with E-state index in [2.05, 4.69) is 10.6 Å². The zero-order chi connectivity index (χ0) is 23.0. The van der Waals surface area contributed by atoms with Crippen LogP contribution in [0.2, 0.25) is 0 Å². The molecule has 4 aromatic carbocycles. The number of benzene rings is 4. The highest BCUT2D eigenvalue weighted by Crippen LogP contribution is 2.20. The Bertz CT molecular complexity index is 1200. The van der Waals surface area contributed by atoms with Gasteiger partial charge in [0, 0.05) is 23.7 Å². The molecule has 0 bridgehead atoms. The van der Waals surface area contributed by atoms with E-state index in [0.717, 1.165) is 22.3 Å². The molecule has 0 heterocycles. The first-order valence-corrected chi connectivity index (χ1v) is 11.0. The van der Waals surface area contributed by atoms with E-state index in [1.165, 1.54) is 0 Å². The smallest absolute Gasteiger partial charge is 0.251 e. The van der Waals surface area contributed by atoms with Crippen LogP contribution in [0.1, 0.15) is 27.6 Å². The highest BCUT2D eigenvalue weighted by molar-refractivity contribution is 5.96. The lowest BCUT2D eigenvalue weighted by atomic mass is 10.0. The fourth-order valence-electron chi connectivity index (χ4n) is 3.60. The van der Waals surface area contributed by atoms with Gasteiger partial charge in [0.05, 0.1) is 0 Å². The highest BCUT2D eigenvalue weighted by Gasteiger charge is 2.12. The minimum atomic E-state index is -0.209. The van der Waals surface area contributed by atoms with E-state index < -0.39 is 0 Å². The first-order chi connectivity index (χ1) is 16.1. The Hall–Kier alpha value is -4.18. The Kier molecular flexibility index (Phi) is 6.96. The van der Waals surface area contributed by atoms with Crippen molar-refractivity contribution < 1.29 is 9.59 Å². The van der Waals surface area contributed by atoms with Crippen molar-refractivity contribution in [2.45, 2.75) is 13.0 Å². The van der Waals surface area contributed by atoms with Crippen LogP contribution in [0.3, 0.4) is 0 Å². The van der Waals surface area contributed by atoms with E-state index in [4.69, 9.17) is 0 Å². The summed E-state index contributed by atoms with van der Waals surface area (Å²) < 4.78 is 0. The summed E-state index contributed by atoms with van der Waals surface area (Å²) in [6, 6.07) is 34.9. The van der Waals surface area contributed by atoms with Gasteiger partial charge in [-0.05, 0) is 53.4 Å². The standard InChI is InChI=1S/C29H26N2O2/c1-21(31-29(33)27-18-14-25(15-19-27)23-10-6-3-7-11-23)20-30-28(32)26-16-12-24(13-17-26)22-8-4-2-5-9-22/h2-19,21H,20H2,1H3,(H,30,32)(H,31,33). The minimum Gasteiger partial charge on any atom is -0.350 e. The van der Waals surface area contributed by atoms with Crippen molar-refractivity contribution in [3.63, 3.8) is 0 Å². The van der Waals surface area contributed by atoms with Crippen LogP contribution in [0, 0.1) is 0 Å². The van der Waals surface area contributed by atoms with Crippen LogP contribution >= 0.6 is 0 Å². The van der Waals surface area contributed by atoms with Crippen LogP contribution in [0.15, 0.2) is 109 Å². The second-order valence-electron chi connectivity index (χ2n) is 7.97. The molecule has 0 aliphatic carbocycles. The highest BCUT2D eigenvalue weighted by atomic mass is 16.2. The van der Waals surface area contributed by atoms with E-state index in [1.54, 1.807) is 0 Å². The molecule has 0 aliphatic rings. The Morgan fingerprint density at radius 1 is 0.576 bits per heavy atom. The molecule has 0 spiro atoms. The number of amides is 2. The van der Waals surface area contributed by atoms with Crippen LogP contribution in [0.25, 0.3) is 22.3 Å². The average Bonchev–Trinajstić information content (AvgIpc) is 2.88. The van der Waals surface area contributed by atoms with Gasteiger partial charge in [0.15, 0.2) is 0 Å². The number of carbonyl (C=O) groups is 2. The summed E-state index contributed by atoms with van der Waals surface area (Å²) in [6.07, 6.45) is 0. The summed E-state index contributed by atoms with van der Waals surface area (Å²) in [5.41, 5.74) is 5.51. The van der Waals surface area contributed by atoms with Gasteiger partial charge in [0.1, 0.15) is 0 Å². The molecular weight excluding hydrogens is 408 g/mol. The van der Waals surface area contributed by atoms with Crippen molar-refractivity contribution in [2.24, 2.45) is 0 Å². The molecule has 0 saturated heterocycles. The van der Waals surface area contributed by atoms with Crippen molar-refractivity contribution in [3.8, 4) is 22.3 Å². The summed E-state index contributed by atoms with van der Waals surface area (Å²) >= 11 is 0. The lowest BCUT2D eigenvalue weighted by molar-refractivity contribution is 0.0912. The molecular formula is C29H26N2O2. The number of carbonyl (C=O) groups excluding carboxylic acids is 2. The van der Waals surface area contributed by atoms with Gasteiger partial charge < -0.3 is 10.6 Å². The largest absolute Gasteiger partial charge is 0.350 e. The van der Waals surface area contributed by atoms with Crippen molar-refractivity contribution >= 4 is 11.8 Å². The topological polar surface area (TPSA) is 58.2 Å². The Balaban J connectivity index is 1.28. The van der Waals surface area contributed by atoms with Crippen molar-refractivity contribution in [1.82, 2.24) is 10.6 Å². The molecule has 4 heteroatoms. The van der Waals surface area contributed by atoms with Gasteiger partial charge in [-0.2, -0.15) is 0 Å². The quantitative estimate of drug-likeness (QED) is 0.400. The van der Waals surface area contributed by atoms with Crippen molar-refractivity contribution in [3.05, 3.63) is 120 Å². The van der Waals surface area contributed by atoms with Crippen LogP contribution in [-0.2, 0) is 0 Å². The van der Waals surface area contributed by atoms with Gasteiger partial charge >= 0.3 is 0 Å². The first-order valence-electron chi connectivity index (χ1n) is 11.0. The molecule has 2 N–H and O–H groups in total. The Morgan fingerprint density at radius 3 is 1.42 bits per heavy atom. The molecule has 0 fully saturated rings. The zero-order valence-corrected chi connectivity index (χ0v) is 18.5. The summed E-state index contributed by atoms with van der Waals surface area (Å²) in [5.74, 6) is -0.327. The van der Waals surface area contributed by atoms with Crippen LogP contribution in [0.5, 0.6) is 0 Å². The van der Waals surface area contributed by atoms with E-state index in [1.807, 2.05) is 116 Å². The normalized spacial score (nSPS) is 11.4. The minimum absolute atomic E-state index is 0.163. The Morgan fingerprint density at radius 2 is 0.970 bits per heavy atom. The van der Waals surface area contributed by atoms with Crippen molar-refractivity contribution in [2.75, 3.05) is 6.54 Å². The second-order valence-corrected chi connectivity index (χ2v) is 7.97. The van der Waals surface area contributed by atoms with Gasteiger partial charge in [-0.15, -0.1) is 0 Å². The third-order valence-corrected chi connectivity index (χ3v) is 5.45. The van der Waals surface area contributed by atoms with E-state index in [9.17, 15) is 9.59 Å². The second kappa shape index (κ2) is 10.4. The molecule has 1 atom stereocenters.